The Morgan fingerprint density at radius 3 is 2.56 bits per heavy atom. The Kier molecular flexibility index (Phi) is 5.93. The molecule has 7 heteroatoms. The molecule has 0 radical (unpaired) electrons. The van der Waals surface area contributed by atoms with Gasteiger partial charge in [0.05, 0.1) is 17.9 Å². The molecule has 1 aromatic heterocycles. The Balaban J connectivity index is 2.08. The van der Waals surface area contributed by atoms with E-state index in [9.17, 15) is 14.7 Å². The third-order valence-electron chi connectivity index (χ3n) is 4.10. The van der Waals surface area contributed by atoms with Gasteiger partial charge in [-0.15, -0.1) is 0 Å². The number of nitrogens with zero attached hydrogens (tertiary/aromatic N) is 2. The third kappa shape index (κ3) is 4.67. The molecule has 0 atom stereocenters. The van der Waals surface area contributed by atoms with Gasteiger partial charge < -0.3 is 15.2 Å². The molecule has 1 aromatic carbocycles. The maximum Gasteiger partial charge on any atom is 0.335 e. The van der Waals surface area contributed by atoms with Gasteiger partial charge >= 0.3 is 5.97 Å². The molecule has 1 heterocycles. The van der Waals surface area contributed by atoms with E-state index in [0.29, 0.717) is 24.1 Å². The van der Waals surface area contributed by atoms with Crippen molar-refractivity contribution in [2.75, 3.05) is 12.4 Å². The summed E-state index contributed by atoms with van der Waals surface area (Å²) in [5, 5.41) is 16.3. The van der Waals surface area contributed by atoms with Crippen LogP contribution in [0.5, 0.6) is 0 Å². The van der Waals surface area contributed by atoms with Crippen molar-refractivity contribution in [3.63, 3.8) is 0 Å². The molecule has 2 aromatic rings. The first kappa shape index (κ1) is 18.7. The van der Waals surface area contributed by atoms with Gasteiger partial charge in [0.2, 0.25) is 5.91 Å². The van der Waals surface area contributed by atoms with Crippen molar-refractivity contribution in [2.24, 2.45) is 7.05 Å². The predicted octanol–water partition coefficient (Wildman–Crippen LogP) is 2.45. The second kappa shape index (κ2) is 7.94. The highest BCUT2D eigenvalue weighted by Gasteiger charge is 2.13. The van der Waals surface area contributed by atoms with Gasteiger partial charge in [0.1, 0.15) is 0 Å². The summed E-state index contributed by atoms with van der Waals surface area (Å²) in [4.78, 5) is 23.5. The molecule has 0 unspecified atom stereocenters. The lowest BCUT2D eigenvalue weighted by molar-refractivity contribution is -0.116. The predicted molar refractivity (Wildman–Crippen MR) is 93.7 cm³/mol. The molecule has 25 heavy (non-hydrogen) atoms. The van der Waals surface area contributed by atoms with Crippen molar-refractivity contribution in [3.8, 4) is 0 Å². The molecule has 0 spiro atoms. The average Bonchev–Trinajstić information content (AvgIpc) is 2.78. The van der Waals surface area contributed by atoms with E-state index < -0.39 is 5.97 Å². The van der Waals surface area contributed by atoms with Gasteiger partial charge in [-0.25, -0.2) is 4.79 Å². The van der Waals surface area contributed by atoms with Crippen molar-refractivity contribution in [3.05, 3.63) is 46.3 Å². The number of anilines is 1. The summed E-state index contributed by atoms with van der Waals surface area (Å²) in [7, 11) is 3.41. The van der Waals surface area contributed by atoms with Crippen LogP contribution in [0.2, 0.25) is 0 Å². The molecule has 0 saturated carbocycles. The van der Waals surface area contributed by atoms with Gasteiger partial charge in [0.25, 0.3) is 0 Å². The van der Waals surface area contributed by atoms with Gasteiger partial charge in [0, 0.05) is 32.0 Å². The lowest BCUT2D eigenvalue weighted by Crippen LogP contribution is -2.14. The molecule has 2 N–H and O–H groups in total. The summed E-state index contributed by atoms with van der Waals surface area (Å²) in [5.74, 6) is -1.22. The SMILES string of the molecule is COCc1cc(NC(=O)CCc2c(C)nn(C)c2C)cc(C(=O)O)c1. The fourth-order valence-electron chi connectivity index (χ4n) is 2.78. The van der Waals surface area contributed by atoms with Gasteiger partial charge in [-0.05, 0) is 49.6 Å². The molecule has 134 valence electrons. The van der Waals surface area contributed by atoms with Gasteiger partial charge in [0.15, 0.2) is 0 Å². The zero-order chi connectivity index (χ0) is 18.6. The van der Waals surface area contributed by atoms with Crippen LogP contribution < -0.4 is 5.32 Å². The maximum atomic E-state index is 12.2. The average molecular weight is 345 g/mol. The number of carbonyl (C=O) groups excluding carboxylic acids is 1. The van der Waals surface area contributed by atoms with Gasteiger partial charge in [-0.2, -0.15) is 5.10 Å². The molecule has 0 aliphatic carbocycles. The van der Waals surface area contributed by atoms with E-state index in [1.807, 2.05) is 20.9 Å². The summed E-state index contributed by atoms with van der Waals surface area (Å²) in [6.45, 7) is 4.17. The Bertz CT molecular complexity index is 796. The first-order chi connectivity index (χ1) is 11.8. The van der Waals surface area contributed by atoms with Crippen LogP contribution in [0.4, 0.5) is 5.69 Å². The second-order valence-corrected chi connectivity index (χ2v) is 5.98. The van der Waals surface area contributed by atoms with E-state index >= 15 is 0 Å². The number of hydrogen-bond donors (Lipinski definition) is 2. The molecule has 2 rings (SSSR count). The number of aromatic carboxylic acids is 1. The lowest BCUT2D eigenvalue weighted by atomic mass is 10.1. The highest BCUT2D eigenvalue weighted by molar-refractivity contribution is 5.94. The quantitative estimate of drug-likeness (QED) is 0.804. The number of carbonyl (C=O) groups is 2. The summed E-state index contributed by atoms with van der Waals surface area (Å²) >= 11 is 0. The first-order valence-corrected chi connectivity index (χ1v) is 7.97. The molecule has 0 aliphatic rings. The number of ether oxygens (including phenoxy) is 1. The van der Waals surface area contributed by atoms with Crippen molar-refractivity contribution in [2.45, 2.75) is 33.3 Å². The first-order valence-electron chi connectivity index (χ1n) is 7.97. The summed E-state index contributed by atoms with van der Waals surface area (Å²) < 4.78 is 6.84. The molecule has 0 fully saturated rings. The number of aromatic nitrogens is 2. The minimum absolute atomic E-state index is 0.115. The topological polar surface area (TPSA) is 93.5 Å². The Labute approximate surface area is 146 Å². The Morgan fingerprint density at radius 1 is 1.28 bits per heavy atom. The second-order valence-electron chi connectivity index (χ2n) is 5.98. The zero-order valence-electron chi connectivity index (χ0n) is 14.9. The largest absolute Gasteiger partial charge is 0.478 e. The number of nitrogens with one attached hydrogen (secondary N) is 1. The number of amides is 1. The van der Waals surface area contributed by atoms with Crippen LogP contribution in [0.15, 0.2) is 18.2 Å². The highest BCUT2D eigenvalue weighted by Crippen LogP contribution is 2.18. The van der Waals surface area contributed by atoms with Crippen LogP contribution in [0.25, 0.3) is 0 Å². The van der Waals surface area contributed by atoms with E-state index in [2.05, 4.69) is 10.4 Å². The number of carboxylic acid groups (broad SMARTS) is 1. The fraction of sp³-hybridized carbons (Fsp3) is 0.389. The number of methoxy groups -OCH3 is 1. The van der Waals surface area contributed by atoms with Crippen molar-refractivity contribution in [1.82, 2.24) is 9.78 Å². The van der Waals surface area contributed by atoms with Crippen LogP contribution in [0.3, 0.4) is 0 Å². The van der Waals surface area contributed by atoms with Crippen molar-refractivity contribution < 1.29 is 19.4 Å². The van der Waals surface area contributed by atoms with E-state index in [1.54, 1.807) is 10.7 Å². The van der Waals surface area contributed by atoms with E-state index in [1.165, 1.54) is 19.2 Å². The summed E-state index contributed by atoms with van der Waals surface area (Å²) in [5.41, 5.74) is 4.29. The van der Waals surface area contributed by atoms with Crippen LogP contribution >= 0.6 is 0 Å². The van der Waals surface area contributed by atoms with Crippen LogP contribution in [-0.4, -0.2) is 33.9 Å². The molecule has 0 bridgehead atoms. The van der Waals surface area contributed by atoms with Crippen LogP contribution in [0.1, 0.15) is 39.3 Å². The van der Waals surface area contributed by atoms with Crippen LogP contribution in [-0.2, 0) is 29.6 Å². The van der Waals surface area contributed by atoms with Crippen molar-refractivity contribution >= 4 is 17.6 Å². The molecule has 7 nitrogen and oxygen atoms in total. The lowest BCUT2D eigenvalue weighted by Gasteiger charge is -2.09. The molecular weight excluding hydrogens is 322 g/mol. The molecule has 0 saturated heterocycles. The zero-order valence-corrected chi connectivity index (χ0v) is 14.9. The van der Waals surface area contributed by atoms with Crippen LogP contribution in [0, 0.1) is 13.8 Å². The molecular formula is C18H23N3O4. The standard InChI is InChI=1S/C18H23N3O4/c1-11-16(12(2)21(3)20-11)5-6-17(22)19-15-8-13(10-25-4)7-14(9-15)18(23)24/h7-9H,5-6,10H2,1-4H3,(H,19,22)(H,23,24). The minimum Gasteiger partial charge on any atom is -0.478 e. The summed E-state index contributed by atoms with van der Waals surface area (Å²) in [6, 6.07) is 4.69. The van der Waals surface area contributed by atoms with E-state index in [0.717, 1.165) is 17.0 Å². The van der Waals surface area contributed by atoms with E-state index in [-0.39, 0.29) is 18.1 Å². The highest BCUT2D eigenvalue weighted by atomic mass is 16.5. The Hall–Kier alpha value is -2.67. The number of carboxylic acids is 1. The number of hydrogen-bond acceptors (Lipinski definition) is 4. The molecule has 0 aliphatic heterocycles. The maximum absolute atomic E-state index is 12.2. The number of benzene rings is 1. The number of rotatable bonds is 7. The number of aryl methyl sites for hydroxylation is 2. The summed E-state index contributed by atoms with van der Waals surface area (Å²) in [6.07, 6.45) is 0.880. The Morgan fingerprint density at radius 2 is 2.00 bits per heavy atom. The minimum atomic E-state index is -1.05. The molecule has 1 amide bonds. The normalized spacial score (nSPS) is 10.7. The van der Waals surface area contributed by atoms with Gasteiger partial charge in [-0.1, -0.05) is 0 Å². The smallest absolute Gasteiger partial charge is 0.335 e. The van der Waals surface area contributed by atoms with Crippen molar-refractivity contribution in [1.29, 1.82) is 0 Å². The fourth-order valence-corrected chi connectivity index (χ4v) is 2.78. The van der Waals surface area contributed by atoms with Gasteiger partial charge in [-0.3, -0.25) is 9.48 Å². The monoisotopic (exact) mass is 345 g/mol. The third-order valence-corrected chi connectivity index (χ3v) is 4.10. The van der Waals surface area contributed by atoms with E-state index in [4.69, 9.17) is 4.74 Å².